The van der Waals surface area contributed by atoms with Crippen LogP contribution >= 0.6 is 0 Å². The molecular weight excluding hydrogens is 516 g/mol. The third-order valence-electron chi connectivity index (χ3n) is 9.21. The van der Waals surface area contributed by atoms with Crippen molar-refractivity contribution in [3.63, 3.8) is 0 Å². The van der Waals surface area contributed by atoms with E-state index in [1.165, 1.54) is 50.1 Å². The molecule has 222 valence electrons. The smallest absolute Gasteiger partial charge is 0.0694 e. The van der Waals surface area contributed by atoms with E-state index in [-0.39, 0.29) is 0 Å². The van der Waals surface area contributed by atoms with Crippen molar-refractivity contribution in [2.75, 3.05) is 27.2 Å². The fourth-order valence-electron chi connectivity index (χ4n) is 6.64. The lowest BCUT2D eigenvalue weighted by molar-refractivity contribution is 0.740. The molecule has 0 aliphatic carbocycles. The number of allylic oxidation sites excluding steroid dienone is 4. The number of hydrogen-bond donors (Lipinski definition) is 4. The first-order valence-corrected chi connectivity index (χ1v) is 15.7. The van der Waals surface area contributed by atoms with Crippen molar-refractivity contribution in [1.82, 2.24) is 30.6 Å². The number of nitrogens with zero attached hydrogens (tertiary/aromatic N) is 2. The van der Waals surface area contributed by atoms with Gasteiger partial charge >= 0.3 is 0 Å². The second-order valence-electron chi connectivity index (χ2n) is 11.8. The molecule has 0 spiro atoms. The maximum absolute atomic E-state index is 5.28. The van der Waals surface area contributed by atoms with Crippen LogP contribution in [0.1, 0.15) is 98.4 Å². The van der Waals surface area contributed by atoms with Gasteiger partial charge in [0.25, 0.3) is 0 Å². The number of H-pyrrole nitrogens is 2. The predicted molar refractivity (Wildman–Crippen MR) is 181 cm³/mol. The normalized spacial score (nSPS) is 13.5. The van der Waals surface area contributed by atoms with Crippen molar-refractivity contribution in [3.8, 4) is 0 Å². The zero-order chi connectivity index (χ0) is 30.0. The molecule has 2 aliphatic heterocycles. The van der Waals surface area contributed by atoms with Crippen LogP contribution in [0.4, 0.5) is 0 Å². The summed E-state index contributed by atoms with van der Waals surface area (Å²) in [6.45, 7) is 15.4. The van der Waals surface area contributed by atoms with Gasteiger partial charge in [-0.3, -0.25) is 0 Å². The standard InChI is InChI=1S/C36H48N6/c1-9-25-21(3)29-17-30-23(5)27(13-11-15-37-7)35(41-30)20-36-28(14-12-16-38-8)24(6)32(42-36)19-34-26(10-2)22(4)31(40-34)18-33(25)39-29/h17-20,37-40H,9-16H2,1-8H3. The van der Waals surface area contributed by atoms with Gasteiger partial charge in [-0.05, 0) is 162 Å². The van der Waals surface area contributed by atoms with Gasteiger partial charge < -0.3 is 20.6 Å². The quantitative estimate of drug-likeness (QED) is 0.189. The van der Waals surface area contributed by atoms with Gasteiger partial charge in [-0.25, -0.2) is 9.97 Å². The topological polar surface area (TPSA) is 81.4 Å². The average Bonchev–Trinajstić information content (AvgIpc) is 3.63. The minimum absolute atomic E-state index is 0.967. The summed E-state index contributed by atoms with van der Waals surface area (Å²) >= 11 is 0. The minimum atomic E-state index is 0.967. The highest BCUT2D eigenvalue weighted by Gasteiger charge is 2.21. The molecule has 0 aromatic carbocycles. The van der Waals surface area contributed by atoms with Crippen molar-refractivity contribution >= 4 is 44.4 Å². The van der Waals surface area contributed by atoms with Crippen molar-refractivity contribution in [2.24, 2.45) is 0 Å². The fraction of sp³-hybridized carbons (Fsp3) is 0.444. The molecule has 6 nitrogen and oxygen atoms in total. The first kappa shape index (κ1) is 30.0. The van der Waals surface area contributed by atoms with Crippen LogP contribution in [0, 0.1) is 13.8 Å². The first-order valence-electron chi connectivity index (χ1n) is 15.7. The van der Waals surface area contributed by atoms with E-state index in [0.29, 0.717) is 0 Å². The molecule has 5 heterocycles. The summed E-state index contributed by atoms with van der Waals surface area (Å²) in [6.07, 6.45) is 6.05. The Labute approximate surface area is 251 Å². The summed E-state index contributed by atoms with van der Waals surface area (Å²) in [7, 11) is 4.04. The third kappa shape index (κ3) is 5.62. The van der Waals surface area contributed by atoms with Gasteiger partial charge in [-0.15, -0.1) is 0 Å². The molecule has 2 aliphatic rings. The van der Waals surface area contributed by atoms with Crippen LogP contribution in [0.2, 0.25) is 0 Å². The molecule has 0 amide bonds. The zero-order valence-corrected chi connectivity index (χ0v) is 26.9. The number of nitrogens with one attached hydrogen (secondary N) is 4. The molecule has 8 bridgehead atoms. The maximum atomic E-state index is 5.28. The summed E-state index contributed by atoms with van der Waals surface area (Å²) in [5, 5.41) is 6.63. The third-order valence-corrected chi connectivity index (χ3v) is 9.21. The molecule has 6 heteroatoms. The monoisotopic (exact) mass is 564 g/mol. The number of aryl methyl sites for hydroxylation is 4. The Bertz CT molecular complexity index is 1710. The van der Waals surface area contributed by atoms with E-state index in [4.69, 9.17) is 9.97 Å². The van der Waals surface area contributed by atoms with Crippen molar-refractivity contribution < 1.29 is 0 Å². The average molecular weight is 565 g/mol. The maximum Gasteiger partial charge on any atom is 0.0694 e. The Morgan fingerprint density at radius 3 is 1.45 bits per heavy atom. The van der Waals surface area contributed by atoms with E-state index in [2.05, 4.69) is 86.4 Å². The largest absolute Gasteiger partial charge is 0.355 e. The molecule has 0 saturated heterocycles. The molecule has 0 saturated carbocycles. The molecule has 42 heavy (non-hydrogen) atoms. The summed E-state index contributed by atoms with van der Waals surface area (Å²) in [5.74, 6) is 0. The van der Waals surface area contributed by atoms with Gasteiger partial charge in [0, 0.05) is 22.1 Å². The zero-order valence-electron chi connectivity index (χ0n) is 26.9. The lowest BCUT2D eigenvalue weighted by Gasteiger charge is -2.07. The number of hydrogen-bond acceptors (Lipinski definition) is 4. The molecule has 0 radical (unpaired) electrons. The SMILES string of the molecule is CCc1c(C)c2cc3[nH]c(cc4nc(cc5nc(cc1[nH]2)C(C)=C5CCCNC)C(CCCNC)=C4C)c(C)c3CC. The molecular formula is C36H48N6. The van der Waals surface area contributed by atoms with E-state index in [9.17, 15) is 0 Å². The molecule has 0 fully saturated rings. The molecule has 3 aromatic rings. The van der Waals surface area contributed by atoms with Gasteiger partial charge in [0.2, 0.25) is 0 Å². The second kappa shape index (κ2) is 12.8. The van der Waals surface area contributed by atoms with Crippen LogP contribution in [0.5, 0.6) is 0 Å². The van der Waals surface area contributed by atoms with Crippen LogP contribution < -0.4 is 10.6 Å². The van der Waals surface area contributed by atoms with Crippen molar-refractivity contribution in [3.05, 3.63) is 69.3 Å². The van der Waals surface area contributed by atoms with Crippen LogP contribution in [0.25, 0.3) is 44.4 Å². The van der Waals surface area contributed by atoms with Gasteiger partial charge in [0.15, 0.2) is 0 Å². The minimum Gasteiger partial charge on any atom is -0.355 e. The van der Waals surface area contributed by atoms with E-state index < -0.39 is 0 Å². The number of aromatic nitrogens is 4. The highest BCUT2D eigenvalue weighted by Crippen LogP contribution is 2.38. The van der Waals surface area contributed by atoms with Crippen molar-refractivity contribution in [1.29, 1.82) is 0 Å². The second-order valence-corrected chi connectivity index (χ2v) is 11.8. The van der Waals surface area contributed by atoms with Crippen LogP contribution in [0.3, 0.4) is 0 Å². The number of fused-ring (bicyclic) bond motifs is 8. The van der Waals surface area contributed by atoms with Crippen LogP contribution in [-0.2, 0) is 12.8 Å². The molecule has 4 N–H and O–H groups in total. The Morgan fingerprint density at radius 2 is 1.00 bits per heavy atom. The summed E-state index contributed by atoms with van der Waals surface area (Å²) in [6, 6.07) is 9.09. The Balaban J connectivity index is 1.88. The predicted octanol–water partition coefficient (Wildman–Crippen LogP) is 7.92. The highest BCUT2D eigenvalue weighted by atomic mass is 14.8. The van der Waals surface area contributed by atoms with Gasteiger partial charge in [0.1, 0.15) is 0 Å². The summed E-state index contributed by atoms with van der Waals surface area (Å²) in [5.41, 5.74) is 19.4. The molecule has 0 unspecified atom stereocenters. The Hall–Kier alpha value is -3.48. The fourth-order valence-corrected chi connectivity index (χ4v) is 6.64. The molecule has 0 atom stereocenters. The van der Waals surface area contributed by atoms with E-state index in [1.54, 1.807) is 0 Å². The molecule has 5 rings (SSSR count). The van der Waals surface area contributed by atoms with E-state index in [0.717, 1.165) is 90.9 Å². The van der Waals surface area contributed by atoms with E-state index >= 15 is 0 Å². The summed E-state index contributed by atoms with van der Waals surface area (Å²) < 4.78 is 0. The number of rotatable bonds is 10. The van der Waals surface area contributed by atoms with E-state index in [1.807, 2.05) is 14.1 Å². The summed E-state index contributed by atoms with van der Waals surface area (Å²) in [4.78, 5) is 18.1. The van der Waals surface area contributed by atoms with Crippen LogP contribution in [0.15, 0.2) is 24.3 Å². The highest BCUT2D eigenvalue weighted by molar-refractivity contribution is 5.95. The lowest BCUT2D eigenvalue weighted by atomic mass is 9.98. The Morgan fingerprint density at radius 1 is 0.571 bits per heavy atom. The lowest BCUT2D eigenvalue weighted by Crippen LogP contribution is -2.07. The van der Waals surface area contributed by atoms with Gasteiger partial charge in [0.05, 0.1) is 22.8 Å². The van der Waals surface area contributed by atoms with Crippen LogP contribution in [-0.4, -0.2) is 47.1 Å². The first-order chi connectivity index (χ1) is 20.3. The van der Waals surface area contributed by atoms with Gasteiger partial charge in [-0.2, -0.15) is 0 Å². The van der Waals surface area contributed by atoms with Crippen molar-refractivity contribution in [2.45, 2.75) is 80.1 Å². The molecule has 3 aromatic heterocycles. The van der Waals surface area contributed by atoms with Gasteiger partial charge in [-0.1, -0.05) is 13.8 Å². The Kier molecular flexibility index (Phi) is 9.14. The number of aromatic amines is 2.